The Kier molecular flexibility index (Phi) is 5.08. The average Bonchev–Trinajstić information content (AvgIpc) is 3.52. The van der Waals surface area contributed by atoms with Gasteiger partial charge in [-0.25, -0.2) is 13.9 Å². The SMILES string of the molecule is O=C(NC[C@H]1CCCO1)c1cnc2ccc(N3CCC[C@@H]3c3cccc(F)c3)nn12. The number of carbonyl (C=O) groups is 1. The van der Waals surface area contributed by atoms with E-state index in [9.17, 15) is 9.18 Å². The predicted octanol–water partition coefficient (Wildman–Crippen LogP) is 3.12. The summed E-state index contributed by atoms with van der Waals surface area (Å²) >= 11 is 0. The molecule has 2 fully saturated rings. The highest BCUT2D eigenvalue weighted by Gasteiger charge is 2.28. The third-order valence-corrected chi connectivity index (χ3v) is 5.88. The summed E-state index contributed by atoms with van der Waals surface area (Å²) in [6.45, 7) is 2.07. The number of imidazole rings is 1. The zero-order valence-electron chi connectivity index (χ0n) is 16.6. The first-order valence-electron chi connectivity index (χ1n) is 10.5. The number of hydrogen-bond acceptors (Lipinski definition) is 5. The molecule has 0 unspecified atom stereocenters. The fraction of sp³-hybridized carbons (Fsp3) is 0.409. The van der Waals surface area contributed by atoms with Crippen molar-refractivity contribution in [1.82, 2.24) is 19.9 Å². The summed E-state index contributed by atoms with van der Waals surface area (Å²) in [7, 11) is 0. The Morgan fingerprint density at radius 2 is 2.17 bits per heavy atom. The second-order valence-corrected chi connectivity index (χ2v) is 7.86. The summed E-state index contributed by atoms with van der Waals surface area (Å²) in [5.74, 6) is 0.300. The van der Waals surface area contributed by atoms with Crippen molar-refractivity contribution in [2.45, 2.75) is 37.8 Å². The van der Waals surface area contributed by atoms with Crippen LogP contribution in [0.25, 0.3) is 5.65 Å². The van der Waals surface area contributed by atoms with Crippen LogP contribution in [0.1, 0.15) is 47.8 Å². The van der Waals surface area contributed by atoms with Gasteiger partial charge in [0, 0.05) is 19.7 Å². The van der Waals surface area contributed by atoms with E-state index >= 15 is 0 Å². The number of carbonyl (C=O) groups excluding carboxylic acids is 1. The minimum atomic E-state index is -0.234. The van der Waals surface area contributed by atoms with Crippen molar-refractivity contribution >= 4 is 17.4 Å². The summed E-state index contributed by atoms with van der Waals surface area (Å²) in [6.07, 6.45) is 5.55. The fourth-order valence-corrected chi connectivity index (χ4v) is 4.38. The molecular weight excluding hydrogens is 385 g/mol. The Labute approximate surface area is 173 Å². The number of benzene rings is 1. The van der Waals surface area contributed by atoms with Crippen molar-refractivity contribution < 1.29 is 13.9 Å². The molecule has 0 spiro atoms. The first kappa shape index (κ1) is 19.0. The first-order valence-corrected chi connectivity index (χ1v) is 10.5. The zero-order valence-corrected chi connectivity index (χ0v) is 16.6. The maximum absolute atomic E-state index is 13.7. The molecule has 1 aromatic carbocycles. The molecule has 0 aliphatic carbocycles. The van der Waals surface area contributed by atoms with Gasteiger partial charge in [0.05, 0.1) is 18.3 Å². The first-order chi connectivity index (χ1) is 14.7. The van der Waals surface area contributed by atoms with Gasteiger partial charge >= 0.3 is 0 Å². The second kappa shape index (κ2) is 8.02. The van der Waals surface area contributed by atoms with E-state index in [-0.39, 0.29) is 23.9 Å². The minimum absolute atomic E-state index is 0.0611. The zero-order chi connectivity index (χ0) is 20.5. The largest absolute Gasteiger partial charge is 0.376 e. The lowest BCUT2D eigenvalue weighted by Crippen LogP contribution is -2.32. The number of ether oxygens (including phenoxy) is 1. The third-order valence-electron chi connectivity index (χ3n) is 5.88. The molecule has 7 nitrogen and oxygen atoms in total. The van der Waals surface area contributed by atoms with Crippen molar-refractivity contribution in [1.29, 1.82) is 0 Å². The van der Waals surface area contributed by atoms with Crippen LogP contribution in [0.4, 0.5) is 10.2 Å². The second-order valence-electron chi connectivity index (χ2n) is 7.86. The molecule has 5 rings (SSSR count). The topological polar surface area (TPSA) is 71.8 Å². The standard InChI is InChI=1S/C22H24FN5O2/c23-16-5-1-4-15(12-16)18-7-2-10-27(18)21-9-8-20-24-14-19(28(20)26-21)22(29)25-13-17-6-3-11-30-17/h1,4-5,8-9,12,14,17-18H,2-3,6-7,10-11,13H2,(H,25,29)/t17-,18-/m1/s1. The Bertz CT molecular complexity index is 1060. The van der Waals surface area contributed by atoms with Crippen LogP contribution in [0.15, 0.2) is 42.6 Å². The van der Waals surface area contributed by atoms with E-state index in [1.165, 1.54) is 6.07 Å². The third kappa shape index (κ3) is 3.63. The van der Waals surface area contributed by atoms with Gasteiger partial charge in [-0.2, -0.15) is 0 Å². The molecule has 2 saturated heterocycles. The fourth-order valence-electron chi connectivity index (χ4n) is 4.38. The van der Waals surface area contributed by atoms with Crippen LogP contribution >= 0.6 is 0 Å². The van der Waals surface area contributed by atoms with E-state index in [4.69, 9.17) is 9.84 Å². The van der Waals surface area contributed by atoms with Gasteiger partial charge in [-0.1, -0.05) is 12.1 Å². The monoisotopic (exact) mass is 409 g/mol. The highest BCUT2D eigenvalue weighted by Crippen LogP contribution is 2.35. The van der Waals surface area contributed by atoms with Crippen molar-refractivity contribution in [3.05, 3.63) is 59.7 Å². The number of rotatable bonds is 5. The van der Waals surface area contributed by atoms with Gasteiger partial charge in [0.25, 0.3) is 5.91 Å². The van der Waals surface area contributed by atoms with Crippen LogP contribution in [0.2, 0.25) is 0 Å². The molecule has 3 aromatic rings. The molecular formula is C22H24FN5O2. The molecule has 156 valence electrons. The van der Waals surface area contributed by atoms with E-state index in [0.717, 1.165) is 50.2 Å². The molecule has 1 amide bonds. The number of aromatic nitrogens is 3. The van der Waals surface area contributed by atoms with Gasteiger partial charge in [0.15, 0.2) is 11.3 Å². The molecule has 0 bridgehead atoms. The maximum atomic E-state index is 13.7. The number of amides is 1. The van der Waals surface area contributed by atoms with Crippen molar-refractivity contribution in [2.24, 2.45) is 0 Å². The molecule has 2 aromatic heterocycles. The van der Waals surface area contributed by atoms with E-state index in [2.05, 4.69) is 15.2 Å². The van der Waals surface area contributed by atoms with Crippen LogP contribution in [0.5, 0.6) is 0 Å². The van der Waals surface area contributed by atoms with Crippen LogP contribution in [-0.4, -0.2) is 46.3 Å². The van der Waals surface area contributed by atoms with Crippen LogP contribution in [-0.2, 0) is 4.74 Å². The van der Waals surface area contributed by atoms with E-state index in [1.54, 1.807) is 22.8 Å². The summed E-state index contributed by atoms with van der Waals surface area (Å²) in [5, 5.41) is 7.64. The summed E-state index contributed by atoms with van der Waals surface area (Å²) < 4.78 is 20.9. The van der Waals surface area contributed by atoms with Crippen LogP contribution in [0.3, 0.4) is 0 Å². The Balaban J connectivity index is 1.40. The van der Waals surface area contributed by atoms with Crippen LogP contribution in [0, 0.1) is 5.82 Å². The lowest BCUT2D eigenvalue weighted by molar-refractivity contribution is 0.0852. The number of hydrogen-bond donors (Lipinski definition) is 1. The molecule has 4 heterocycles. The molecule has 0 radical (unpaired) electrons. The van der Waals surface area contributed by atoms with Gasteiger partial charge in [-0.05, 0) is 55.5 Å². The highest BCUT2D eigenvalue weighted by atomic mass is 19.1. The molecule has 2 aliphatic heterocycles. The molecule has 8 heteroatoms. The van der Waals surface area contributed by atoms with Crippen molar-refractivity contribution in [3.63, 3.8) is 0 Å². The van der Waals surface area contributed by atoms with E-state index in [0.29, 0.717) is 17.9 Å². The molecule has 2 aliphatic rings. The number of nitrogens with one attached hydrogen (secondary N) is 1. The number of halogens is 1. The Morgan fingerprint density at radius 1 is 1.23 bits per heavy atom. The molecule has 2 atom stereocenters. The Hall–Kier alpha value is -3.00. The highest BCUT2D eigenvalue weighted by molar-refractivity contribution is 5.93. The lowest BCUT2D eigenvalue weighted by atomic mass is 10.0. The van der Waals surface area contributed by atoms with Gasteiger partial charge in [0.2, 0.25) is 0 Å². The summed E-state index contributed by atoms with van der Waals surface area (Å²) in [6, 6.07) is 10.6. The van der Waals surface area contributed by atoms with Gasteiger partial charge in [0.1, 0.15) is 11.6 Å². The minimum Gasteiger partial charge on any atom is -0.376 e. The normalized spacial score (nSPS) is 21.4. The van der Waals surface area contributed by atoms with Crippen molar-refractivity contribution in [3.8, 4) is 0 Å². The van der Waals surface area contributed by atoms with E-state index < -0.39 is 0 Å². The van der Waals surface area contributed by atoms with Gasteiger partial charge in [-0.3, -0.25) is 4.79 Å². The molecule has 1 N–H and O–H groups in total. The average molecular weight is 409 g/mol. The van der Waals surface area contributed by atoms with Crippen LogP contribution < -0.4 is 10.2 Å². The number of nitrogens with zero attached hydrogens (tertiary/aromatic N) is 4. The summed E-state index contributed by atoms with van der Waals surface area (Å²) in [4.78, 5) is 19.2. The van der Waals surface area contributed by atoms with E-state index in [1.807, 2.05) is 18.2 Å². The molecule has 0 saturated carbocycles. The van der Waals surface area contributed by atoms with Crippen molar-refractivity contribution in [2.75, 3.05) is 24.6 Å². The summed E-state index contributed by atoms with van der Waals surface area (Å²) in [5.41, 5.74) is 1.95. The maximum Gasteiger partial charge on any atom is 0.271 e. The number of fused-ring (bicyclic) bond motifs is 1. The van der Waals surface area contributed by atoms with Gasteiger partial charge < -0.3 is 15.0 Å². The lowest BCUT2D eigenvalue weighted by Gasteiger charge is -2.26. The Morgan fingerprint density at radius 3 is 3.00 bits per heavy atom. The quantitative estimate of drug-likeness (QED) is 0.701. The predicted molar refractivity (Wildman–Crippen MR) is 110 cm³/mol. The smallest absolute Gasteiger partial charge is 0.271 e. The number of anilines is 1. The van der Waals surface area contributed by atoms with Gasteiger partial charge in [-0.15, -0.1) is 5.10 Å². The molecule has 30 heavy (non-hydrogen) atoms.